The third-order valence-corrected chi connectivity index (χ3v) is 6.25. The minimum Gasteiger partial charge on any atom is -0.483 e. The number of morpholine rings is 1. The molecule has 10 heteroatoms. The molecule has 9 nitrogen and oxygen atoms in total. The molecule has 2 aliphatic rings. The second-order valence-corrected chi connectivity index (χ2v) is 7.78. The van der Waals surface area contributed by atoms with Crippen molar-refractivity contribution in [2.24, 2.45) is 0 Å². The van der Waals surface area contributed by atoms with Crippen LogP contribution in [-0.4, -0.2) is 52.8 Å². The lowest BCUT2D eigenvalue weighted by molar-refractivity contribution is -0.122. The van der Waals surface area contributed by atoms with E-state index in [1.165, 1.54) is 5.69 Å². The number of anilines is 2. The number of nitrogen functional groups attached to an aromatic ring is 1. The number of fused-ring (bicyclic) bond motifs is 3. The van der Waals surface area contributed by atoms with E-state index in [0.29, 0.717) is 18.8 Å². The van der Waals surface area contributed by atoms with Crippen molar-refractivity contribution in [3.8, 4) is 27.8 Å². The highest BCUT2D eigenvalue weighted by Gasteiger charge is 2.27. The van der Waals surface area contributed by atoms with E-state index >= 15 is 0 Å². The summed E-state index contributed by atoms with van der Waals surface area (Å²) in [7, 11) is 0. The topological polar surface area (TPSA) is 141 Å². The van der Waals surface area contributed by atoms with Crippen LogP contribution in [-0.2, 0) is 22.4 Å². The second kappa shape index (κ2) is 8.52. The van der Waals surface area contributed by atoms with Gasteiger partial charge in [-0.3, -0.25) is 4.79 Å². The largest absolute Gasteiger partial charge is 0.483 e. The Hall–Kier alpha value is -3.42. The summed E-state index contributed by atoms with van der Waals surface area (Å²) >= 11 is 1.60. The lowest BCUT2D eigenvalue weighted by Gasteiger charge is -2.26. The summed E-state index contributed by atoms with van der Waals surface area (Å²) in [5.41, 5.74) is 11.7. The highest BCUT2D eigenvalue weighted by atomic mass is 32.1. The molecule has 4 heterocycles. The van der Waals surface area contributed by atoms with Crippen LogP contribution in [0, 0.1) is 11.3 Å². The number of nitrogens with zero attached hydrogens (tertiary/aromatic N) is 4. The number of nitrogens with one attached hydrogen (secondary N) is 1. The van der Waals surface area contributed by atoms with E-state index in [4.69, 9.17) is 20.4 Å². The molecule has 1 aliphatic heterocycles. The molecule has 30 heavy (non-hydrogen) atoms. The molecule has 0 spiro atoms. The number of thiazole rings is 1. The van der Waals surface area contributed by atoms with Crippen molar-refractivity contribution < 1.29 is 14.6 Å². The molecular weight excluding hydrogens is 404 g/mol. The molecule has 3 aromatic heterocycles. The summed E-state index contributed by atoms with van der Waals surface area (Å²) in [4.78, 5) is 24.0. The molecule has 0 bridgehead atoms. The maximum atomic E-state index is 9.75. The molecule has 3 aromatic rings. The Morgan fingerprint density at radius 2 is 2.13 bits per heavy atom. The molecular formula is C20H20N6O3S. The predicted octanol–water partition coefficient (Wildman–Crippen LogP) is 2.29. The summed E-state index contributed by atoms with van der Waals surface area (Å²) in [5, 5.41) is 17.6. The van der Waals surface area contributed by atoms with Crippen molar-refractivity contribution in [3.63, 3.8) is 0 Å². The number of carboxylic acid groups (broad SMARTS) is 1. The van der Waals surface area contributed by atoms with Crippen molar-refractivity contribution in [2.45, 2.75) is 12.8 Å². The normalized spacial score (nSPS) is 14.7. The van der Waals surface area contributed by atoms with Crippen LogP contribution in [0.25, 0.3) is 21.7 Å². The van der Waals surface area contributed by atoms with Gasteiger partial charge in [0.15, 0.2) is 5.13 Å². The Morgan fingerprint density at radius 3 is 2.87 bits per heavy atom. The van der Waals surface area contributed by atoms with Gasteiger partial charge in [-0.2, -0.15) is 5.26 Å². The van der Waals surface area contributed by atoms with E-state index < -0.39 is 0 Å². The molecule has 1 fully saturated rings. The molecule has 154 valence electrons. The lowest BCUT2D eigenvalue weighted by Crippen LogP contribution is -2.36. The predicted molar refractivity (Wildman–Crippen MR) is 113 cm³/mol. The highest BCUT2D eigenvalue weighted by Crippen LogP contribution is 2.43. The van der Waals surface area contributed by atoms with Crippen LogP contribution < -0.4 is 10.6 Å². The molecule has 0 aromatic carbocycles. The van der Waals surface area contributed by atoms with Gasteiger partial charge in [0.05, 0.1) is 23.8 Å². The van der Waals surface area contributed by atoms with Gasteiger partial charge in [-0.25, -0.2) is 9.97 Å². The molecule has 0 amide bonds. The molecule has 0 unspecified atom stereocenters. The summed E-state index contributed by atoms with van der Waals surface area (Å²) in [6.07, 6.45) is 5.51. The maximum absolute atomic E-state index is 9.75. The zero-order valence-corrected chi connectivity index (χ0v) is 16.9. The summed E-state index contributed by atoms with van der Waals surface area (Å²) < 4.78 is 5.43. The number of carbonyl (C=O) groups is 1. The van der Waals surface area contributed by atoms with Crippen molar-refractivity contribution in [1.29, 1.82) is 5.26 Å². The first-order chi connectivity index (χ1) is 14.7. The monoisotopic (exact) mass is 424 g/mol. The fraction of sp³-hybridized carbons (Fsp3) is 0.300. The van der Waals surface area contributed by atoms with Crippen molar-refractivity contribution in [3.05, 3.63) is 35.3 Å². The first-order valence-electron chi connectivity index (χ1n) is 9.43. The van der Waals surface area contributed by atoms with Gasteiger partial charge in [0, 0.05) is 42.3 Å². The SMILES string of the molecule is N#Cc1c(N)nc2c(c1-c1cnc(N3CCOCC3)s1)CCc1[nH]ccc1-2.O=CO. The van der Waals surface area contributed by atoms with Gasteiger partial charge in [0.1, 0.15) is 17.5 Å². The Labute approximate surface area is 176 Å². The Kier molecular flexibility index (Phi) is 5.65. The van der Waals surface area contributed by atoms with Crippen LogP contribution in [0.5, 0.6) is 0 Å². The highest BCUT2D eigenvalue weighted by molar-refractivity contribution is 7.19. The van der Waals surface area contributed by atoms with Crippen LogP contribution in [0.1, 0.15) is 16.8 Å². The van der Waals surface area contributed by atoms with E-state index in [-0.39, 0.29) is 12.3 Å². The van der Waals surface area contributed by atoms with Crippen molar-refractivity contribution in [1.82, 2.24) is 15.0 Å². The molecule has 4 N–H and O–H groups in total. The van der Waals surface area contributed by atoms with E-state index in [1.807, 2.05) is 18.5 Å². The van der Waals surface area contributed by atoms with Crippen LogP contribution in [0.2, 0.25) is 0 Å². The van der Waals surface area contributed by atoms with E-state index in [1.54, 1.807) is 11.3 Å². The minimum atomic E-state index is -0.250. The number of hydrogen-bond acceptors (Lipinski definition) is 8. The van der Waals surface area contributed by atoms with Crippen LogP contribution in [0.15, 0.2) is 18.5 Å². The average Bonchev–Trinajstić information content (AvgIpc) is 3.44. The molecule has 0 saturated carbocycles. The fourth-order valence-electron chi connectivity index (χ4n) is 3.86. The number of pyridine rings is 1. The number of rotatable bonds is 2. The van der Waals surface area contributed by atoms with Crippen molar-refractivity contribution in [2.75, 3.05) is 36.9 Å². The number of aromatic nitrogens is 3. The number of ether oxygens (including phenoxy) is 1. The number of H-pyrrole nitrogens is 1. The number of aryl methyl sites for hydroxylation is 1. The fourth-order valence-corrected chi connectivity index (χ4v) is 4.90. The second-order valence-electron chi connectivity index (χ2n) is 6.77. The van der Waals surface area contributed by atoms with Gasteiger partial charge in [-0.05, 0) is 24.5 Å². The molecule has 1 aliphatic carbocycles. The quantitative estimate of drug-likeness (QED) is 0.532. The number of nitriles is 1. The lowest BCUT2D eigenvalue weighted by atomic mass is 9.88. The van der Waals surface area contributed by atoms with Gasteiger partial charge in [0.2, 0.25) is 0 Å². The molecule has 0 atom stereocenters. The third kappa shape index (κ3) is 3.49. The number of nitrogens with two attached hydrogens (primary N) is 1. The minimum absolute atomic E-state index is 0.250. The first-order valence-corrected chi connectivity index (χ1v) is 10.2. The van der Waals surface area contributed by atoms with Crippen molar-refractivity contribution >= 4 is 28.8 Å². The van der Waals surface area contributed by atoms with E-state index in [0.717, 1.165) is 58.3 Å². The molecule has 5 rings (SSSR count). The first kappa shape index (κ1) is 19.9. The number of hydrogen-bond donors (Lipinski definition) is 3. The average molecular weight is 424 g/mol. The Morgan fingerprint density at radius 1 is 1.37 bits per heavy atom. The smallest absolute Gasteiger partial charge is 0.290 e. The van der Waals surface area contributed by atoms with Crippen LogP contribution >= 0.6 is 11.3 Å². The van der Waals surface area contributed by atoms with Gasteiger partial charge in [-0.15, -0.1) is 0 Å². The van der Waals surface area contributed by atoms with Crippen LogP contribution in [0.3, 0.4) is 0 Å². The van der Waals surface area contributed by atoms with Gasteiger partial charge >= 0.3 is 0 Å². The van der Waals surface area contributed by atoms with Gasteiger partial charge < -0.3 is 25.5 Å². The van der Waals surface area contributed by atoms with Gasteiger partial charge in [0.25, 0.3) is 6.47 Å². The molecule has 1 saturated heterocycles. The molecule has 0 radical (unpaired) electrons. The van der Waals surface area contributed by atoms with E-state index in [9.17, 15) is 5.26 Å². The summed E-state index contributed by atoms with van der Waals surface area (Å²) in [5.74, 6) is 0.279. The van der Waals surface area contributed by atoms with Gasteiger partial charge in [-0.1, -0.05) is 11.3 Å². The Bertz CT molecular complexity index is 1110. The summed E-state index contributed by atoms with van der Waals surface area (Å²) in [6, 6.07) is 4.30. The van der Waals surface area contributed by atoms with E-state index in [2.05, 4.69) is 25.9 Å². The number of aromatic amines is 1. The third-order valence-electron chi connectivity index (χ3n) is 5.17. The Balaban J connectivity index is 0.000000687. The zero-order chi connectivity index (χ0) is 21.1. The maximum Gasteiger partial charge on any atom is 0.290 e. The van der Waals surface area contributed by atoms with Crippen LogP contribution in [0.4, 0.5) is 10.9 Å². The standard InChI is InChI=1S/C19H18N6OS.CH2O2/c20-9-13-16(15-10-23-19(27-15)25-5-7-26-8-6-25)12-1-2-14-11(3-4-22-14)17(12)24-18(13)21;2-1-3/h3-4,10,22H,1-2,5-8H2,(H2,21,24);1H,(H,2,3). The summed E-state index contributed by atoms with van der Waals surface area (Å²) in [6.45, 7) is 2.85. The zero-order valence-electron chi connectivity index (χ0n) is 16.1.